The SMILES string of the molecule is CC[N+](C)(C)COc1ccccc1.[Cl-]. The van der Waals surface area contributed by atoms with E-state index in [-0.39, 0.29) is 12.4 Å². The molecule has 80 valence electrons. The zero-order chi connectivity index (χ0) is 9.73. The van der Waals surface area contributed by atoms with Crippen molar-refractivity contribution in [3.05, 3.63) is 30.3 Å². The first-order chi connectivity index (χ1) is 6.14. The van der Waals surface area contributed by atoms with Crippen molar-refractivity contribution in [2.45, 2.75) is 6.92 Å². The molecule has 0 bridgehead atoms. The average Bonchev–Trinajstić information content (AvgIpc) is 2.17. The van der Waals surface area contributed by atoms with Crippen LogP contribution in [0.5, 0.6) is 5.75 Å². The number of hydrogen-bond acceptors (Lipinski definition) is 1. The van der Waals surface area contributed by atoms with E-state index in [1.54, 1.807) is 0 Å². The van der Waals surface area contributed by atoms with Gasteiger partial charge in [0.15, 0.2) is 0 Å². The maximum atomic E-state index is 5.63. The Hall–Kier alpha value is -0.730. The van der Waals surface area contributed by atoms with Crippen LogP contribution in [0.25, 0.3) is 0 Å². The first-order valence-corrected chi connectivity index (χ1v) is 4.64. The van der Waals surface area contributed by atoms with Gasteiger partial charge >= 0.3 is 0 Å². The number of quaternary nitrogens is 1. The molecule has 1 aromatic carbocycles. The smallest absolute Gasteiger partial charge is 0.223 e. The third-order valence-corrected chi connectivity index (χ3v) is 2.18. The molecule has 0 N–H and O–H groups in total. The van der Waals surface area contributed by atoms with Crippen molar-refractivity contribution in [2.75, 3.05) is 27.4 Å². The summed E-state index contributed by atoms with van der Waals surface area (Å²) in [6.45, 7) is 3.96. The second kappa shape index (κ2) is 5.89. The highest BCUT2D eigenvalue weighted by atomic mass is 35.5. The van der Waals surface area contributed by atoms with E-state index in [0.717, 1.165) is 23.5 Å². The highest BCUT2D eigenvalue weighted by Gasteiger charge is 2.11. The molecule has 0 aliphatic heterocycles. The molecular formula is C11H18ClNO. The van der Waals surface area contributed by atoms with Gasteiger partial charge in [0, 0.05) is 0 Å². The Kier molecular flexibility index (Phi) is 5.58. The van der Waals surface area contributed by atoms with Gasteiger partial charge in [0.05, 0.1) is 20.6 Å². The Morgan fingerprint density at radius 3 is 2.21 bits per heavy atom. The standard InChI is InChI=1S/C11H18NO.ClH/c1-4-12(2,3)10-13-11-8-6-5-7-9-11;/h5-9H,4,10H2,1-3H3;1H/q+1;/p-1. The summed E-state index contributed by atoms with van der Waals surface area (Å²) in [6, 6.07) is 9.93. The summed E-state index contributed by atoms with van der Waals surface area (Å²) in [4.78, 5) is 0. The molecule has 3 heteroatoms. The van der Waals surface area contributed by atoms with Crippen molar-refractivity contribution < 1.29 is 21.6 Å². The summed E-state index contributed by atoms with van der Waals surface area (Å²) in [5.74, 6) is 0.946. The van der Waals surface area contributed by atoms with Crippen molar-refractivity contribution in [1.82, 2.24) is 0 Å². The second-order valence-corrected chi connectivity index (χ2v) is 3.84. The maximum absolute atomic E-state index is 5.63. The van der Waals surface area contributed by atoms with E-state index < -0.39 is 0 Å². The number of benzene rings is 1. The van der Waals surface area contributed by atoms with Crippen LogP contribution in [-0.2, 0) is 0 Å². The molecule has 0 amide bonds. The minimum Gasteiger partial charge on any atom is -1.00 e. The Labute approximate surface area is 92.5 Å². The molecule has 1 rings (SSSR count). The second-order valence-electron chi connectivity index (χ2n) is 3.84. The van der Waals surface area contributed by atoms with Crippen LogP contribution in [0.3, 0.4) is 0 Å². The average molecular weight is 216 g/mol. The topological polar surface area (TPSA) is 9.23 Å². The fourth-order valence-corrected chi connectivity index (χ4v) is 0.857. The van der Waals surface area contributed by atoms with Gasteiger partial charge in [-0.05, 0) is 19.1 Å². The molecule has 0 radical (unpaired) electrons. The minimum absolute atomic E-state index is 0. The number of rotatable bonds is 4. The first-order valence-electron chi connectivity index (χ1n) is 4.64. The molecule has 0 atom stereocenters. The molecule has 0 saturated carbocycles. The van der Waals surface area contributed by atoms with Crippen LogP contribution >= 0.6 is 0 Å². The molecule has 0 fully saturated rings. The lowest BCUT2D eigenvalue weighted by molar-refractivity contribution is -0.903. The van der Waals surface area contributed by atoms with E-state index >= 15 is 0 Å². The highest BCUT2D eigenvalue weighted by Crippen LogP contribution is 2.09. The van der Waals surface area contributed by atoms with Crippen LogP contribution in [0.1, 0.15) is 6.92 Å². The summed E-state index contributed by atoms with van der Waals surface area (Å²) in [5.41, 5.74) is 0. The quantitative estimate of drug-likeness (QED) is 0.469. The van der Waals surface area contributed by atoms with Crippen molar-refractivity contribution in [1.29, 1.82) is 0 Å². The number of nitrogens with zero attached hydrogens (tertiary/aromatic N) is 1. The molecule has 0 aliphatic rings. The van der Waals surface area contributed by atoms with Crippen molar-refractivity contribution >= 4 is 0 Å². The fraction of sp³-hybridized carbons (Fsp3) is 0.455. The Morgan fingerprint density at radius 1 is 1.14 bits per heavy atom. The summed E-state index contributed by atoms with van der Waals surface area (Å²) in [6.07, 6.45) is 0. The highest BCUT2D eigenvalue weighted by molar-refractivity contribution is 5.20. The molecule has 1 aromatic rings. The van der Waals surface area contributed by atoms with E-state index in [1.165, 1.54) is 0 Å². The lowest BCUT2D eigenvalue weighted by atomic mass is 10.3. The zero-order valence-electron chi connectivity index (χ0n) is 9.03. The van der Waals surface area contributed by atoms with Gasteiger partial charge in [-0.15, -0.1) is 0 Å². The largest absolute Gasteiger partial charge is 1.00 e. The molecule has 0 aromatic heterocycles. The lowest BCUT2D eigenvalue weighted by Crippen LogP contribution is -3.00. The van der Waals surface area contributed by atoms with Crippen molar-refractivity contribution in [2.24, 2.45) is 0 Å². The molecule has 0 spiro atoms. The van der Waals surface area contributed by atoms with Crippen LogP contribution in [0, 0.1) is 0 Å². The first kappa shape index (κ1) is 13.3. The van der Waals surface area contributed by atoms with Crippen LogP contribution < -0.4 is 17.1 Å². The third-order valence-electron chi connectivity index (χ3n) is 2.18. The molecule has 14 heavy (non-hydrogen) atoms. The van der Waals surface area contributed by atoms with Gasteiger partial charge in [0.2, 0.25) is 6.73 Å². The number of halogens is 1. The molecule has 0 saturated heterocycles. The van der Waals surface area contributed by atoms with E-state index in [4.69, 9.17) is 4.74 Å². The summed E-state index contributed by atoms with van der Waals surface area (Å²) >= 11 is 0. The molecule has 0 unspecified atom stereocenters. The summed E-state index contributed by atoms with van der Waals surface area (Å²) in [7, 11) is 4.31. The Bertz CT molecular complexity index is 249. The molecule has 0 aliphatic carbocycles. The number of para-hydroxylation sites is 1. The van der Waals surface area contributed by atoms with Gasteiger partial charge in [-0.2, -0.15) is 0 Å². The zero-order valence-corrected chi connectivity index (χ0v) is 9.79. The Balaban J connectivity index is 0.00000169. The van der Waals surface area contributed by atoms with Gasteiger partial charge in [-0.3, -0.25) is 4.48 Å². The van der Waals surface area contributed by atoms with Gasteiger partial charge in [-0.1, -0.05) is 18.2 Å². The third kappa shape index (κ3) is 4.49. The van der Waals surface area contributed by atoms with Crippen LogP contribution in [0.4, 0.5) is 0 Å². The van der Waals surface area contributed by atoms with Gasteiger partial charge in [0.25, 0.3) is 0 Å². The van der Waals surface area contributed by atoms with Crippen molar-refractivity contribution in [3.63, 3.8) is 0 Å². The van der Waals surface area contributed by atoms with Gasteiger partial charge in [0.1, 0.15) is 5.75 Å². The predicted octanol–water partition coefficient (Wildman–Crippen LogP) is -0.877. The molecular weight excluding hydrogens is 198 g/mol. The normalized spacial score (nSPS) is 10.5. The number of ether oxygens (including phenoxy) is 1. The van der Waals surface area contributed by atoms with Crippen molar-refractivity contribution in [3.8, 4) is 5.75 Å². The lowest BCUT2D eigenvalue weighted by Gasteiger charge is -2.27. The Morgan fingerprint density at radius 2 is 1.71 bits per heavy atom. The molecule has 2 nitrogen and oxygen atoms in total. The minimum atomic E-state index is 0. The maximum Gasteiger partial charge on any atom is 0.223 e. The van der Waals surface area contributed by atoms with E-state index in [2.05, 4.69) is 21.0 Å². The number of hydrogen-bond donors (Lipinski definition) is 0. The fourth-order valence-electron chi connectivity index (χ4n) is 0.857. The van der Waals surface area contributed by atoms with E-state index in [9.17, 15) is 0 Å². The van der Waals surface area contributed by atoms with Crippen LogP contribution in [0.2, 0.25) is 0 Å². The van der Waals surface area contributed by atoms with E-state index in [1.807, 2.05) is 30.3 Å². The van der Waals surface area contributed by atoms with Gasteiger partial charge in [-0.25, -0.2) is 0 Å². The summed E-state index contributed by atoms with van der Waals surface area (Å²) in [5, 5.41) is 0. The monoisotopic (exact) mass is 215 g/mol. The molecule has 0 heterocycles. The van der Waals surface area contributed by atoms with Crippen LogP contribution in [-0.4, -0.2) is 31.9 Å². The van der Waals surface area contributed by atoms with E-state index in [0.29, 0.717) is 0 Å². The van der Waals surface area contributed by atoms with Gasteiger partial charge < -0.3 is 17.1 Å². The van der Waals surface area contributed by atoms with Crippen LogP contribution in [0.15, 0.2) is 30.3 Å². The predicted molar refractivity (Wildman–Crippen MR) is 54.6 cm³/mol. The summed E-state index contributed by atoms with van der Waals surface area (Å²) < 4.78 is 6.52.